The van der Waals surface area contributed by atoms with Crippen LogP contribution in [0.3, 0.4) is 0 Å². The van der Waals surface area contributed by atoms with E-state index < -0.39 is 6.61 Å². The molecule has 100 valence electrons. The van der Waals surface area contributed by atoms with Crippen molar-refractivity contribution in [1.82, 2.24) is 0 Å². The van der Waals surface area contributed by atoms with E-state index in [1.54, 1.807) is 24.3 Å². The molecule has 0 bridgehead atoms. The van der Waals surface area contributed by atoms with Crippen molar-refractivity contribution in [3.63, 3.8) is 0 Å². The fraction of sp³-hybridized carbons (Fsp3) is 0.538. The Morgan fingerprint density at radius 1 is 1.17 bits per heavy atom. The molecule has 5 heteroatoms. The van der Waals surface area contributed by atoms with Crippen LogP contribution in [0.1, 0.15) is 25.7 Å². The second kappa shape index (κ2) is 6.00. The lowest BCUT2D eigenvalue weighted by Crippen LogP contribution is -2.32. The van der Waals surface area contributed by atoms with Gasteiger partial charge in [0.05, 0.1) is 5.69 Å². The van der Waals surface area contributed by atoms with E-state index in [2.05, 4.69) is 10.1 Å². The molecule has 3 N–H and O–H groups in total. The molecule has 1 aromatic rings. The van der Waals surface area contributed by atoms with Crippen LogP contribution in [0.2, 0.25) is 0 Å². The predicted molar refractivity (Wildman–Crippen MR) is 66.9 cm³/mol. The molecular formula is C13H18F2N2O. The van der Waals surface area contributed by atoms with Crippen LogP contribution in [0.5, 0.6) is 5.75 Å². The monoisotopic (exact) mass is 256 g/mol. The molecule has 0 heterocycles. The zero-order valence-corrected chi connectivity index (χ0v) is 10.1. The number of nitrogens with one attached hydrogen (secondary N) is 1. The van der Waals surface area contributed by atoms with Crippen LogP contribution >= 0.6 is 0 Å². The number of rotatable bonds is 4. The number of halogens is 2. The molecule has 1 aromatic carbocycles. The van der Waals surface area contributed by atoms with Crippen molar-refractivity contribution in [2.75, 3.05) is 5.32 Å². The molecule has 2 rings (SSSR count). The molecule has 18 heavy (non-hydrogen) atoms. The number of nitrogens with two attached hydrogens (primary N) is 1. The van der Waals surface area contributed by atoms with Gasteiger partial charge in [0.1, 0.15) is 5.75 Å². The first-order valence-electron chi connectivity index (χ1n) is 6.21. The minimum atomic E-state index is -2.80. The van der Waals surface area contributed by atoms with Crippen molar-refractivity contribution in [3.05, 3.63) is 24.3 Å². The summed E-state index contributed by atoms with van der Waals surface area (Å²) in [6, 6.07) is 7.34. The highest BCUT2D eigenvalue weighted by atomic mass is 19.3. The van der Waals surface area contributed by atoms with Crippen molar-refractivity contribution in [2.24, 2.45) is 5.73 Å². The van der Waals surface area contributed by atoms with E-state index >= 15 is 0 Å². The zero-order chi connectivity index (χ0) is 13.0. The summed E-state index contributed by atoms with van der Waals surface area (Å²) in [4.78, 5) is 0. The third-order valence-electron chi connectivity index (χ3n) is 3.23. The summed E-state index contributed by atoms with van der Waals surface area (Å²) >= 11 is 0. The lowest BCUT2D eigenvalue weighted by Gasteiger charge is -2.28. The number of para-hydroxylation sites is 2. The summed E-state index contributed by atoms with van der Waals surface area (Å²) in [5.41, 5.74) is 6.46. The van der Waals surface area contributed by atoms with E-state index in [9.17, 15) is 8.78 Å². The molecule has 0 radical (unpaired) electrons. The first-order chi connectivity index (χ1) is 8.65. The maximum atomic E-state index is 12.3. The minimum absolute atomic E-state index is 0.197. The first-order valence-corrected chi connectivity index (χ1v) is 6.21. The molecule has 0 atom stereocenters. The Balaban J connectivity index is 2.00. The topological polar surface area (TPSA) is 47.3 Å². The maximum Gasteiger partial charge on any atom is 0.387 e. The van der Waals surface area contributed by atoms with E-state index in [0.717, 1.165) is 25.7 Å². The predicted octanol–water partition coefficient (Wildman–Crippen LogP) is 2.97. The van der Waals surface area contributed by atoms with Crippen molar-refractivity contribution in [2.45, 2.75) is 44.4 Å². The SMILES string of the molecule is NC1CCC(Nc2ccccc2OC(F)F)CC1. The molecule has 0 spiro atoms. The first kappa shape index (κ1) is 13.1. The quantitative estimate of drug-likeness (QED) is 0.870. The van der Waals surface area contributed by atoms with Crippen LogP contribution in [0, 0.1) is 0 Å². The molecule has 0 unspecified atom stereocenters. The van der Waals surface area contributed by atoms with Crippen LogP contribution in [0.4, 0.5) is 14.5 Å². The summed E-state index contributed by atoms with van der Waals surface area (Å²) in [5, 5.41) is 3.26. The number of anilines is 1. The van der Waals surface area contributed by atoms with Crippen LogP contribution in [0.15, 0.2) is 24.3 Å². The van der Waals surface area contributed by atoms with E-state index in [1.165, 1.54) is 0 Å². The van der Waals surface area contributed by atoms with Gasteiger partial charge in [0.25, 0.3) is 0 Å². The summed E-state index contributed by atoms with van der Waals surface area (Å²) in [6.45, 7) is -2.80. The van der Waals surface area contributed by atoms with Gasteiger partial charge in [-0.25, -0.2) is 0 Å². The second-order valence-electron chi connectivity index (χ2n) is 4.63. The van der Waals surface area contributed by atoms with E-state index in [4.69, 9.17) is 5.73 Å². The Hall–Kier alpha value is -1.36. The Kier molecular flexibility index (Phi) is 4.36. The highest BCUT2D eigenvalue weighted by Crippen LogP contribution is 2.29. The van der Waals surface area contributed by atoms with Gasteiger partial charge in [0, 0.05) is 12.1 Å². The molecule has 3 nitrogen and oxygen atoms in total. The minimum Gasteiger partial charge on any atom is -0.433 e. The van der Waals surface area contributed by atoms with Gasteiger partial charge in [-0.15, -0.1) is 0 Å². The van der Waals surface area contributed by atoms with Crippen molar-refractivity contribution >= 4 is 5.69 Å². The van der Waals surface area contributed by atoms with Gasteiger partial charge in [0.15, 0.2) is 0 Å². The summed E-state index contributed by atoms with van der Waals surface area (Å²) in [6.07, 6.45) is 3.86. The van der Waals surface area contributed by atoms with Crippen LogP contribution in [-0.4, -0.2) is 18.7 Å². The van der Waals surface area contributed by atoms with Crippen molar-refractivity contribution in [3.8, 4) is 5.75 Å². The Morgan fingerprint density at radius 2 is 1.83 bits per heavy atom. The van der Waals surface area contributed by atoms with Crippen LogP contribution < -0.4 is 15.8 Å². The molecule has 0 saturated heterocycles. The van der Waals surface area contributed by atoms with Gasteiger partial charge in [-0.3, -0.25) is 0 Å². The van der Waals surface area contributed by atoms with Crippen molar-refractivity contribution in [1.29, 1.82) is 0 Å². The largest absolute Gasteiger partial charge is 0.433 e. The standard InChI is InChI=1S/C13H18F2N2O/c14-13(15)18-12-4-2-1-3-11(12)17-10-7-5-9(16)6-8-10/h1-4,9-10,13,17H,5-8,16H2. The molecule has 0 amide bonds. The molecule has 1 saturated carbocycles. The number of ether oxygens (including phenoxy) is 1. The molecule has 0 aliphatic heterocycles. The fourth-order valence-electron chi connectivity index (χ4n) is 2.27. The lowest BCUT2D eigenvalue weighted by molar-refractivity contribution is -0.0494. The number of hydrogen-bond donors (Lipinski definition) is 2. The Bertz CT molecular complexity index is 379. The van der Waals surface area contributed by atoms with Gasteiger partial charge in [-0.1, -0.05) is 12.1 Å². The molecular weight excluding hydrogens is 238 g/mol. The van der Waals surface area contributed by atoms with Gasteiger partial charge in [0.2, 0.25) is 0 Å². The summed E-state index contributed by atoms with van der Waals surface area (Å²) in [7, 11) is 0. The summed E-state index contributed by atoms with van der Waals surface area (Å²) in [5.74, 6) is 0.197. The van der Waals surface area contributed by atoms with Crippen molar-refractivity contribution < 1.29 is 13.5 Å². The van der Waals surface area contributed by atoms with E-state index in [1.807, 2.05) is 0 Å². The second-order valence-corrected chi connectivity index (χ2v) is 4.63. The summed E-state index contributed by atoms with van der Waals surface area (Å²) < 4.78 is 29.0. The number of benzene rings is 1. The van der Waals surface area contributed by atoms with E-state index in [0.29, 0.717) is 5.69 Å². The average Bonchev–Trinajstić information content (AvgIpc) is 2.34. The highest BCUT2D eigenvalue weighted by Gasteiger charge is 2.19. The maximum absolute atomic E-state index is 12.3. The molecule has 1 aliphatic rings. The average molecular weight is 256 g/mol. The number of hydrogen-bond acceptors (Lipinski definition) is 3. The Labute approximate surface area is 105 Å². The fourth-order valence-corrected chi connectivity index (χ4v) is 2.27. The molecule has 1 fully saturated rings. The number of alkyl halides is 2. The van der Waals surface area contributed by atoms with Crippen LogP contribution in [-0.2, 0) is 0 Å². The molecule has 0 aromatic heterocycles. The van der Waals surface area contributed by atoms with Crippen LogP contribution in [0.25, 0.3) is 0 Å². The zero-order valence-electron chi connectivity index (χ0n) is 10.1. The van der Waals surface area contributed by atoms with Gasteiger partial charge < -0.3 is 15.8 Å². The third-order valence-corrected chi connectivity index (χ3v) is 3.23. The normalized spacial score (nSPS) is 24.0. The van der Waals surface area contributed by atoms with E-state index in [-0.39, 0.29) is 17.8 Å². The smallest absolute Gasteiger partial charge is 0.387 e. The third kappa shape index (κ3) is 3.57. The lowest BCUT2D eigenvalue weighted by atomic mass is 9.91. The Morgan fingerprint density at radius 3 is 2.50 bits per heavy atom. The van der Waals surface area contributed by atoms with Gasteiger partial charge in [-0.05, 0) is 37.8 Å². The molecule has 1 aliphatic carbocycles. The van der Waals surface area contributed by atoms with Gasteiger partial charge >= 0.3 is 6.61 Å². The highest BCUT2D eigenvalue weighted by molar-refractivity contribution is 5.56. The van der Waals surface area contributed by atoms with Gasteiger partial charge in [-0.2, -0.15) is 8.78 Å².